The topological polar surface area (TPSA) is 58.1 Å². The Morgan fingerprint density at radius 2 is 1.77 bits per heavy atom. The summed E-state index contributed by atoms with van der Waals surface area (Å²) < 4.78 is 14.8. The van der Waals surface area contributed by atoms with Gasteiger partial charge in [-0.15, -0.1) is 0 Å². The van der Waals surface area contributed by atoms with Crippen LogP contribution in [0.1, 0.15) is 23.2 Å². The summed E-state index contributed by atoms with van der Waals surface area (Å²) in [6, 6.07) is 13.4. The fraction of sp³-hybridized carbons (Fsp3) is 0.300. The van der Waals surface area contributed by atoms with Crippen molar-refractivity contribution >= 4 is 16.8 Å². The van der Waals surface area contributed by atoms with E-state index in [1.165, 1.54) is 12.1 Å². The molecule has 0 aliphatic carbocycles. The Morgan fingerprint density at radius 1 is 1.08 bits per heavy atom. The van der Waals surface area contributed by atoms with E-state index in [0.717, 1.165) is 37.0 Å². The number of para-hydroxylation sites is 2. The van der Waals surface area contributed by atoms with E-state index in [-0.39, 0.29) is 23.2 Å². The smallest absolute Gasteiger partial charge is 0.306 e. The lowest BCUT2D eigenvalue weighted by Crippen LogP contribution is -2.39. The maximum Gasteiger partial charge on any atom is 0.327 e. The van der Waals surface area contributed by atoms with Gasteiger partial charge in [-0.05, 0) is 49.2 Å². The van der Waals surface area contributed by atoms with Crippen molar-refractivity contribution < 1.29 is 9.18 Å². The van der Waals surface area contributed by atoms with E-state index in [9.17, 15) is 14.0 Å². The van der Waals surface area contributed by atoms with Crippen molar-refractivity contribution in [3.8, 4) is 0 Å². The minimum Gasteiger partial charge on any atom is -0.306 e. The van der Waals surface area contributed by atoms with Gasteiger partial charge in [-0.3, -0.25) is 14.3 Å². The number of hydrogen-bond acceptors (Lipinski definition) is 3. The third-order valence-electron chi connectivity index (χ3n) is 5.11. The maximum absolute atomic E-state index is 13.0. The number of likely N-dealkylation sites (tertiary alicyclic amines) is 1. The van der Waals surface area contributed by atoms with Crippen LogP contribution in [0.2, 0.25) is 0 Å². The summed E-state index contributed by atoms with van der Waals surface area (Å²) in [6.07, 6.45) is 1.49. The number of halogens is 1. The van der Waals surface area contributed by atoms with Crippen molar-refractivity contribution in [2.45, 2.75) is 19.5 Å². The number of piperidine rings is 1. The van der Waals surface area contributed by atoms with Gasteiger partial charge in [0.2, 0.25) is 0 Å². The zero-order valence-corrected chi connectivity index (χ0v) is 14.3. The van der Waals surface area contributed by atoms with Crippen LogP contribution < -0.4 is 5.69 Å². The SMILES string of the molecule is O=C(c1ccc(F)cc1)C1CCN(Cn2c(=O)[nH]c3ccccc32)CC1. The lowest BCUT2D eigenvalue weighted by molar-refractivity contribution is 0.0811. The number of benzene rings is 2. The molecule has 3 aromatic rings. The summed E-state index contributed by atoms with van der Waals surface area (Å²) in [4.78, 5) is 29.8. The van der Waals surface area contributed by atoms with Crippen LogP contribution in [0.3, 0.4) is 0 Å². The highest BCUT2D eigenvalue weighted by Crippen LogP contribution is 2.22. The second-order valence-electron chi connectivity index (χ2n) is 6.78. The van der Waals surface area contributed by atoms with Crippen LogP contribution >= 0.6 is 0 Å². The van der Waals surface area contributed by atoms with Gasteiger partial charge in [-0.2, -0.15) is 0 Å². The first-order valence-corrected chi connectivity index (χ1v) is 8.81. The van der Waals surface area contributed by atoms with Crippen LogP contribution in [0.5, 0.6) is 0 Å². The third-order valence-corrected chi connectivity index (χ3v) is 5.11. The standard InChI is InChI=1S/C20H20FN3O2/c21-16-7-5-14(6-8-16)19(25)15-9-11-23(12-10-15)13-24-18-4-2-1-3-17(18)22-20(24)26/h1-8,15H,9-13H2,(H,22,26). The number of nitrogens with zero attached hydrogens (tertiary/aromatic N) is 2. The summed E-state index contributed by atoms with van der Waals surface area (Å²) in [6.45, 7) is 2.02. The van der Waals surface area contributed by atoms with Crippen LogP contribution in [-0.2, 0) is 6.67 Å². The quantitative estimate of drug-likeness (QED) is 0.734. The molecule has 1 aromatic heterocycles. The molecule has 0 amide bonds. The summed E-state index contributed by atoms with van der Waals surface area (Å²) in [5.74, 6) is -0.300. The number of carbonyl (C=O) groups is 1. The molecule has 4 rings (SSSR count). The molecule has 5 nitrogen and oxygen atoms in total. The lowest BCUT2D eigenvalue weighted by Gasteiger charge is -2.31. The zero-order valence-electron chi connectivity index (χ0n) is 14.3. The number of hydrogen-bond donors (Lipinski definition) is 1. The van der Waals surface area contributed by atoms with Gasteiger partial charge in [0.05, 0.1) is 17.7 Å². The summed E-state index contributed by atoms with van der Waals surface area (Å²) in [5.41, 5.74) is 2.18. The Bertz CT molecular complexity index is 982. The number of aromatic nitrogens is 2. The van der Waals surface area contributed by atoms with E-state index in [4.69, 9.17) is 0 Å². The molecule has 2 heterocycles. The van der Waals surface area contributed by atoms with Crippen molar-refractivity contribution in [2.75, 3.05) is 13.1 Å². The highest BCUT2D eigenvalue weighted by atomic mass is 19.1. The van der Waals surface area contributed by atoms with E-state index in [1.807, 2.05) is 24.3 Å². The maximum atomic E-state index is 13.0. The molecule has 0 spiro atoms. The number of imidazole rings is 1. The predicted molar refractivity (Wildman–Crippen MR) is 97.6 cm³/mol. The van der Waals surface area contributed by atoms with E-state index in [2.05, 4.69) is 9.88 Å². The molecule has 1 saturated heterocycles. The molecule has 1 aliphatic rings. The summed E-state index contributed by atoms with van der Waals surface area (Å²) >= 11 is 0. The van der Waals surface area contributed by atoms with Crippen LogP contribution in [-0.4, -0.2) is 33.3 Å². The van der Waals surface area contributed by atoms with E-state index < -0.39 is 0 Å². The molecule has 1 N–H and O–H groups in total. The highest BCUT2D eigenvalue weighted by Gasteiger charge is 2.26. The van der Waals surface area contributed by atoms with Crippen molar-refractivity contribution in [3.05, 3.63) is 70.4 Å². The monoisotopic (exact) mass is 353 g/mol. The molecule has 6 heteroatoms. The third kappa shape index (κ3) is 3.20. The average Bonchev–Trinajstić information content (AvgIpc) is 2.98. The average molecular weight is 353 g/mol. The largest absolute Gasteiger partial charge is 0.327 e. The normalized spacial score (nSPS) is 16.2. The van der Waals surface area contributed by atoms with Gasteiger partial charge in [0.25, 0.3) is 0 Å². The molecule has 1 aliphatic heterocycles. The first-order chi connectivity index (χ1) is 12.6. The van der Waals surface area contributed by atoms with Gasteiger partial charge in [0.1, 0.15) is 5.82 Å². The van der Waals surface area contributed by atoms with Crippen LogP contribution in [0, 0.1) is 11.7 Å². The molecular weight excluding hydrogens is 333 g/mol. The van der Waals surface area contributed by atoms with E-state index >= 15 is 0 Å². The number of aromatic amines is 1. The zero-order chi connectivity index (χ0) is 18.1. The van der Waals surface area contributed by atoms with Gasteiger partial charge in [-0.1, -0.05) is 12.1 Å². The van der Waals surface area contributed by atoms with Crippen LogP contribution in [0.4, 0.5) is 4.39 Å². The number of rotatable bonds is 4. The summed E-state index contributed by atoms with van der Waals surface area (Å²) in [7, 11) is 0. The number of fused-ring (bicyclic) bond motifs is 1. The first-order valence-electron chi connectivity index (χ1n) is 8.81. The summed E-state index contributed by atoms with van der Waals surface area (Å²) in [5, 5.41) is 0. The molecule has 2 aromatic carbocycles. The van der Waals surface area contributed by atoms with E-state index in [0.29, 0.717) is 12.2 Å². The number of ketones is 1. The van der Waals surface area contributed by atoms with Gasteiger partial charge >= 0.3 is 5.69 Å². The predicted octanol–water partition coefficient (Wildman–Crippen LogP) is 3.02. The Hall–Kier alpha value is -2.73. The Balaban J connectivity index is 1.42. The fourth-order valence-electron chi connectivity index (χ4n) is 3.63. The van der Waals surface area contributed by atoms with Crippen molar-refractivity contribution in [2.24, 2.45) is 5.92 Å². The first kappa shape index (κ1) is 16.7. The van der Waals surface area contributed by atoms with Gasteiger partial charge in [0.15, 0.2) is 5.78 Å². The van der Waals surface area contributed by atoms with Gasteiger partial charge in [-0.25, -0.2) is 9.18 Å². The van der Waals surface area contributed by atoms with Gasteiger partial charge < -0.3 is 4.98 Å². The Kier molecular flexibility index (Phi) is 4.42. The minimum atomic E-state index is -0.333. The molecule has 1 fully saturated rings. The van der Waals surface area contributed by atoms with Crippen molar-refractivity contribution in [3.63, 3.8) is 0 Å². The van der Waals surface area contributed by atoms with Crippen LogP contribution in [0.15, 0.2) is 53.3 Å². The van der Waals surface area contributed by atoms with Crippen LogP contribution in [0.25, 0.3) is 11.0 Å². The lowest BCUT2D eigenvalue weighted by atomic mass is 9.89. The van der Waals surface area contributed by atoms with Crippen molar-refractivity contribution in [1.29, 1.82) is 0 Å². The van der Waals surface area contributed by atoms with E-state index in [1.54, 1.807) is 16.7 Å². The number of Topliss-reactive ketones (excluding diaryl/α,β-unsaturated/α-hetero) is 1. The highest BCUT2D eigenvalue weighted by molar-refractivity contribution is 5.97. The Labute approximate surface area is 150 Å². The second-order valence-corrected chi connectivity index (χ2v) is 6.78. The number of nitrogens with one attached hydrogen (secondary N) is 1. The van der Waals surface area contributed by atoms with Gasteiger partial charge in [0, 0.05) is 24.6 Å². The molecule has 134 valence electrons. The Morgan fingerprint density at radius 3 is 2.50 bits per heavy atom. The molecule has 0 bridgehead atoms. The number of carbonyl (C=O) groups excluding carboxylic acids is 1. The molecule has 26 heavy (non-hydrogen) atoms. The number of H-pyrrole nitrogens is 1. The second kappa shape index (κ2) is 6.88. The molecule has 0 radical (unpaired) electrons. The molecule has 0 unspecified atom stereocenters. The minimum absolute atomic E-state index is 0.0450. The molecule has 0 atom stereocenters. The fourth-order valence-corrected chi connectivity index (χ4v) is 3.63. The van der Waals surface area contributed by atoms with Crippen molar-refractivity contribution in [1.82, 2.24) is 14.5 Å². The molecular formula is C20H20FN3O2. The molecule has 0 saturated carbocycles.